The van der Waals surface area contributed by atoms with E-state index in [9.17, 15) is 9.90 Å². The van der Waals surface area contributed by atoms with Crippen molar-refractivity contribution < 1.29 is 9.90 Å². The SMILES string of the molecule is Cc1nc2ccc(NC(=O)N(CCO)Cc3ccccc3)cc2nc1C. The van der Waals surface area contributed by atoms with Gasteiger partial charge in [0.05, 0.1) is 29.0 Å². The number of fused-ring (bicyclic) bond motifs is 1. The number of hydrogen-bond donors (Lipinski definition) is 2. The van der Waals surface area contributed by atoms with Gasteiger partial charge < -0.3 is 15.3 Å². The van der Waals surface area contributed by atoms with Crippen LogP contribution in [0.5, 0.6) is 0 Å². The number of aryl methyl sites for hydroxylation is 2. The van der Waals surface area contributed by atoms with E-state index in [2.05, 4.69) is 15.3 Å². The molecule has 0 fully saturated rings. The molecule has 1 aromatic heterocycles. The number of anilines is 1. The molecule has 26 heavy (non-hydrogen) atoms. The van der Waals surface area contributed by atoms with Gasteiger partial charge in [-0.25, -0.2) is 14.8 Å². The van der Waals surface area contributed by atoms with E-state index in [0.29, 0.717) is 12.2 Å². The van der Waals surface area contributed by atoms with Crippen molar-refractivity contribution in [1.82, 2.24) is 14.9 Å². The third kappa shape index (κ3) is 4.15. The summed E-state index contributed by atoms with van der Waals surface area (Å²) in [6, 6.07) is 14.9. The highest BCUT2D eigenvalue weighted by molar-refractivity contribution is 5.91. The van der Waals surface area contributed by atoms with E-state index in [1.807, 2.05) is 62.4 Å². The molecule has 0 aliphatic rings. The quantitative estimate of drug-likeness (QED) is 0.740. The number of carbonyl (C=O) groups is 1. The summed E-state index contributed by atoms with van der Waals surface area (Å²) in [6.07, 6.45) is 0. The number of amides is 2. The highest BCUT2D eigenvalue weighted by Crippen LogP contribution is 2.18. The minimum absolute atomic E-state index is 0.0953. The van der Waals surface area contributed by atoms with Gasteiger partial charge in [0.15, 0.2) is 0 Å². The van der Waals surface area contributed by atoms with Crippen molar-refractivity contribution >= 4 is 22.8 Å². The zero-order valence-electron chi connectivity index (χ0n) is 14.9. The Morgan fingerprint density at radius 1 is 1.04 bits per heavy atom. The molecular formula is C20H22N4O2. The highest BCUT2D eigenvalue weighted by atomic mass is 16.3. The number of rotatable bonds is 5. The molecule has 0 bridgehead atoms. The Hall–Kier alpha value is -2.99. The molecule has 6 nitrogen and oxygen atoms in total. The summed E-state index contributed by atoms with van der Waals surface area (Å²) < 4.78 is 0. The second-order valence-electron chi connectivity index (χ2n) is 6.16. The molecule has 0 unspecified atom stereocenters. The minimum Gasteiger partial charge on any atom is -0.395 e. The van der Waals surface area contributed by atoms with Crippen LogP contribution in [0.2, 0.25) is 0 Å². The van der Waals surface area contributed by atoms with E-state index in [0.717, 1.165) is 28.0 Å². The number of nitrogens with zero attached hydrogens (tertiary/aromatic N) is 3. The zero-order chi connectivity index (χ0) is 18.5. The van der Waals surface area contributed by atoms with Crippen LogP contribution in [0.3, 0.4) is 0 Å². The summed E-state index contributed by atoms with van der Waals surface area (Å²) in [7, 11) is 0. The van der Waals surface area contributed by atoms with Crippen molar-refractivity contribution in [3.63, 3.8) is 0 Å². The van der Waals surface area contributed by atoms with Crippen molar-refractivity contribution in [3.05, 3.63) is 65.5 Å². The Balaban J connectivity index is 1.78. The van der Waals surface area contributed by atoms with Gasteiger partial charge in [-0.15, -0.1) is 0 Å². The van der Waals surface area contributed by atoms with E-state index >= 15 is 0 Å². The van der Waals surface area contributed by atoms with Crippen molar-refractivity contribution in [3.8, 4) is 0 Å². The molecule has 2 amide bonds. The van der Waals surface area contributed by atoms with E-state index < -0.39 is 0 Å². The third-order valence-corrected chi connectivity index (χ3v) is 4.20. The molecule has 6 heteroatoms. The molecule has 0 aliphatic carbocycles. The van der Waals surface area contributed by atoms with E-state index in [-0.39, 0.29) is 19.2 Å². The van der Waals surface area contributed by atoms with Crippen LogP contribution in [0.25, 0.3) is 11.0 Å². The topological polar surface area (TPSA) is 78.4 Å². The molecule has 0 spiro atoms. The Labute approximate surface area is 152 Å². The van der Waals surface area contributed by atoms with Gasteiger partial charge in [-0.3, -0.25) is 0 Å². The fraction of sp³-hybridized carbons (Fsp3) is 0.250. The monoisotopic (exact) mass is 350 g/mol. The Morgan fingerprint density at radius 3 is 2.42 bits per heavy atom. The second kappa shape index (κ2) is 7.93. The summed E-state index contributed by atoms with van der Waals surface area (Å²) in [5.41, 5.74) is 4.95. The van der Waals surface area contributed by atoms with Gasteiger partial charge in [-0.1, -0.05) is 30.3 Å². The number of hydrogen-bond acceptors (Lipinski definition) is 4. The summed E-state index contributed by atoms with van der Waals surface area (Å²) >= 11 is 0. The molecule has 1 heterocycles. The molecule has 0 atom stereocenters. The first-order chi connectivity index (χ1) is 12.6. The minimum atomic E-state index is -0.265. The van der Waals surface area contributed by atoms with Crippen LogP contribution in [0.1, 0.15) is 17.0 Å². The average molecular weight is 350 g/mol. The molecule has 0 saturated heterocycles. The van der Waals surface area contributed by atoms with E-state index in [1.165, 1.54) is 0 Å². The molecule has 0 aliphatic heterocycles. The standard InChI is InChI=1S/C20H22N4O2/c1-14-15(2)22-19-12-17(8-9-18(19)21-14)23-20(26)24(10-11-25)13-16-6-4-3-5-7-16/h3-9,12,25H,10-11,13H2,1-2H3,(H,23,26). The van der Waals surface area contributed by atoms with Gasteiger partial charge in [0.1, 0.15) is 0 Å². The lowest BCUT2D eigenvalue weighted by Crippen LogP contribution is -2.36. The van der Waals surface area contributed by atoms with Crippen LogP contribution >= 0.6 is 0 Å². The summed E-state index contributed by atoms with van der Waals surface area (Å²) in [5.74, 6) is 0. The van der Waals surface area contributed by atoms with E-state index in [4.69, 9.17) is 0 Å². The molecule has 0 radical (unpaired) electrons. The smallest absolute Gasteiger partial charge is 0.322 e. The lowest BCUT2D eigenvalue weighted by molar-refractivity contribution is 0.185. The van der Waals surface area contributed by atoms with Crippen LogP contribution in [-0.4, -0.2) is 39.2 Å². The molecule has 2 N–H and O–H groups in total. The Bertz CT molecular complexity index is 912. The first-order valence-electron chi connectivity index (χ1n) is 8.52. The fourth-order valence-corrected chi connectivity index (χ4v) is 2.69. The van der Waals surface area contributed by atoms with E-state index in [1.54, 1.807) is 4.90 Å². The van der Waals surface area contributed by atoms with Gasteiger partial charge in [0.25, 0.3) is 0 Å². The predicted molar refractivity (Wildman–Crippen MR) is 102 cm³/mol. The van der Waals surface area contributed by atoms with Crippen molar-refractivity contribution in [1.29, 1.82) is 0 Å². The Morgan fingerprint density at radius 2 is 1.73 bits per heavy atom. The first kappa shape index (κ1) is 17.8. The predicted octanol–water partition coefficient (Wildman–Crippen LogP) is 3.27. The largest absolute Gasteiger partial charge is 0.395 e. The number of benzene rings is 2. The maximum Gasteiger partial charge on any atom is 0.322 e. The highest BCUT2D eigenvalue weighted by Gasteiger charge is 2.14. The third-order valence-electron chi connectivity index (χ3n) is 4.20. The van der Waals surface area contributed by atoms with Gasteiger partial charge in [-0.2, -0.15) is 0 Å². The number of carbonyl (C=O) groups excluding carboxylic acids is 1. The van der Waals surface area contributed by atoms with Crippen LogP contribution in [0.15, 0.2) is 48.5 Å². The van der Waals surface area contributed by atoms with Crippen LogP contribution in [0.4, 0.5) is 10.5 Å². The van der Waals surface area contributed by atoms with Crippen LogP contribution < -0.4 is 5.32 Å². The van der Waals surface area contributed by atoms with Gasteiger partial charge in [0.2, 0.25) is 0 Å². The molecule has 0 saturated carbocycles. The number of urea groups is 1. The normalized spacial score (nSPS) is 10.7. The zero-order valence-corrected chi connectivity index (χ0v) is 14.9. The van der Waals surface area contributed by atoms with Gasteiger partial charge in [-0.05, 0) is 37.6 Å². The second-order valence-corrected chi connectivity index (χ2v) is 6.16. The number of aliphatic hydroxyl groups is 1. The fourth-order valence-electron chi connectivity index (χ4n) is 2.69. The average Bonchev–Trinajstić information content (AvgIpc) is 2.63. The number of aromatic nitrogens is 2. The Kier molecular flexibility index (Phi) is 5.43. The van der Waals surface area contributed by atoms with Crippen LogP contribution in [-0.2, 0) is 6.54 Å². The molecule has 2 aromatic carbocycles. The summed E-state index contributed by atoms with van der Waals surface area (Å²) in [6.45, 7) is 4.43. The van der Waals surface area contributed by atoms with Crippen molar-refractivity contribution in [2.24, 2.45) is 0 Å². The lowest BCUT2D eigenvalue weighted by Gasteiger charge is -2.22. The number of nitrogens with one attached hydrogen (secondary N) is 1. The maximum atomic E-state index is 12.6. The summed E-state index contributed by atoms with van der Waals surface area (Å²) in [5, 5.41) is 12.2. The molecule has 134 valence electrons. The van der Waals surface area contributed by atoms with Crippen molar-refractivity contribution in [2.45, 2.75) is 20.4 Å². The van der Waals surface area contributed by atoms with Crippen molar-refractivity contribution in [2.75, 3.05) is 18.5 Å². The first-order valence-corrected chi connectivity index (χ1v) is 8.52. The molecular weight excluding hydrogens is 328 g/mol. The molecule has 3 aromatic rings. The maximum absolute atomic E-state index is 12.6. The van der Waals surface area contributed by atoms with Gasteiger partial charge in [0, 0.05) is 18.8 Å². The van der Waals surface area contributed by atoms with Gasteiger partial charge >= 0.3 is 6.03 Å². The number of aliphatic hydroxyl groups excluding tert-OH is 1. The summed E-state index contributed by atoms with van der Waals surface area (Å²) in [4.78, 5) is 23.2. The lowest BCUT2D eigenvalue weighted by atomic mass is 10.2. The van der Waals surface area contributed by atoms with Crippen LogP contribution in [0, 0.1) is 13.8 Å². The molecule has 3 rings (SSSR count).